The Bertz CT molecular complexity index is 1350. The lowest BCUT2D eigenvalue weighted by atomic mass is 9.95. The molecule has 0 saturated carbocycles. The summed E-state index contributed by atoms with van der Waals surface area (Å²) >= 11 is 0. The van der Waals surface area contributed by atoms with Crippen LogP contribution in [0.3, 0.4) is 0 Å². The molecule has 0 bridgehead atoms. The predicted molar refractivity (Wildman–Crippen MR) is 144 cm³/mol. The molecule has 0 aliphatic carbocycles. The van der Waals surface area contributed by atoms with Crippen LogP contribution in [-0.4, -0.2) is 61.9 Å². The van der Waals surface area contributed by atoms with Crippen molar-refractivity contribution in [1.82, 2.24) is 35.2 Å². The molecule has 0 unspecified atom stereocenters. The molecule has 0 radical (unpaired) electrons. The number of nitrogens with zero attached hydrogens (tertiary/aromatic N) is 5. The van der Waals surface area contributed by atoms with Crippen molar-refractivity contribution in [2.75, 3.05) is 31.5 Å². The van der Waals surface area contributed by atoms with Gasteiger partial charge in [0.2, 0.25) is 0 Å². The number of carbonyl (C=O) groups is 1. The van der Waals surface area contributed by atoms with Crippen LogP contribution in [0.1, 0.15) is 48.3 Å². The summed E-state index contributed by atoms with van der Waals surface area (Å²) in [6.45, 7) is 6.23. The number of amides is 1. The number of anilines is 1. The molecule has 3 N–H and O–H groups in total. The van der Waals surface area contributed by atoms with Crippen LogP contribution >= 0.6 is 0 Å². The summed E-state index contributed by atoms with van der Waals surface area (Å²) in [5.41, 5.74) is 4.97. The van der Waals surface area contributed by atoms with Crippen LogP contribution < -0.4 is 10.6 Å². The molecule has 37 heavy (non-hydrogen) atoms. The number of fused-ring (bicyclic) bond motifs is 1. The molecule has 0 atom stereocenters. The van der Waals surface area contributed by atoms with Crippen LogP contribution in [0.25, 0.3) is 22.3 Å². The molecule has 0 spiro atoms. The maximum Gasteiger partial charge on any atom is 0.255 e. The first-order valence-electron chi connectivity index (χ1n) is 13.4. The van der Waals surface area contributed by atoms with E-state index in [0.29, 0.717) is 5.56 Å². The molecule has 2 aromatic heterocycles. The molecule has 2 aliphatic rings. The molecule has 1 amide bonds. The van der Waals surface area contributed by atoms with Crippen LogP contribution in [0.5, 0.6) is 0 Å². The smallest absolute Gasteiger partial charge is 0.255 e. The van der Waals surface area contributed by atoms with Gasteiger partial charge in [-0.05, 0) is 94.5 Å². The van der Waals surface area contributed by atoms with E-state index in [-0.39, 0.29) is 5.91 Å². The van der Waals surface area contributed by atoms with Crippen molar-refractivity contribution in [3.63, 3.8) is 0 Å². The van der Waals surface area contributed by atoms with Crippen LogP contribution in [-0.2, 0) is 13.1 Å². The quantitative estimate of drug-likeness (QED) is 0.339. The van der Waals surface area contributed by atoms with Gasteiger partial charge >= 0.3 is 0 Å². The number of rotatable bonds is 8. The molecule has 4 aromatic rings. The lowest BCUT2D eigenvalue weighted by Gasteiger charge is -2.22. The summed E-state index contributed by atoms with van der Waals surface area (Å²) in [5.74, 6) is 1.59. The maximum absolute atomic E-state index is 12.9. The number of likely N-dealkylation sites (tertiary alicyclic amines) is 1. The lowest BCUT2D eigenvalue weighted by Crippen LogP contribution is -2.28. The van der Waals surface area contributed by atoms with Gasteiger partial charge in [-0.15, -0.1) is 5.10 Å². The van der Waals surface area contributed by atoms with E-state index in [1.54, 1.807) is 0 Å². The number of aromatic amines is 1. The minimum absolute atomic E-state index is 0.145. The Morgan fingerprint density at radius 2 is 1.86 bits per heavy atom. The van der Waals surface area contributed by atoms with E-state index in [1.165, 1.54) is 25.7 Å². The van der Waals surface area contributed by atoms with E-state index < -0.39 is 0 Å². The fourth-order valence-electron chi connectivity index (χ4n) is 5.39. The van der Waals surface area contributed by atoms with Crippen molar-refractivity contribution < 1.29 is 4.79 Å². The molecular formula is C28H34N8O. The van der Waals surface area contributed by atoms with Gasteiger partial charge in [0.25, 0.3) is 5.91 Å². The molecule has 2 fully saturated rings. The normalized spacial score (nSPS) is 17.0. The number of aryl methyl sites for hydroxylation is 1. The monoisotopic (exact) mass is 498 g/mol. The molecule has 2 aliphatic heterocycles. The first kappa shape index (κ1) is 23.8. The van der Waals surface area contributed by atoms with Crippen LogP contribution in [0.2, 0.25) is 0 Å². The van der Waals surface area contributed by atoms with Crippen molar-refractivity contribution in [2.45, 2.75) is 45.2 Å². The highest BCUT2D eigenvalue weighted by Gasteiger charge is 2.16. The Morgan fingerprint density at radius 3 is 2.68 bits per heavy atom. The van der Waals surface area contributed by atoms with E-state index in [4.69, 9.17) is 4.98 Å². The van der Waals surface area contributed by atoms with Crippen LogP contribution in [0, 0.1) is 5.92 Å². The van der Waals surface area contributed by atoms with Gasteiger partial charge in [-0.1, -0.05) is 17.3 Å². The Morgan fingerprint density at radius 1 is 1.05 bits per heavy atom. The van der Waals surface area contributed by atoms with E-state index in [2.05, 4.69) is 30.8 Å². The summed E-state index contributed by atoms with van der Waals surface area (Å²) in [6, 6.07) is 13.3. The van der Waals surface area contributed by atoms with Crippen molar-refractivity contribution >= 4 is 22.6 Å². The maximum atomic E-state index is 12.9. The standard InChI is InChI=1S/C28H34N8O/c37-28(30-23-7-8-24-25(17-23)32-27(31-24)19-35-14-1-2-15-35)22-5-3-21(4-6-22)26-18-36(34-33-26)16-11-20-9-12-29-13-10-20/h3-8,17-18,20,29H,1-2,9-16,19H2,(H,30,37)(H,31,32). The summed E-state index contributed by atoms with van der Waals surface area (Å²) < 4.78 is 1.93. The average Bonchev–Trinajstić information content (AvgIpc) is 3.69. The number of hydrogen-bond donors (Lipinski definition) is 3. The van der Waals surface area contributed by atoms with Gasteiger partial charge in [-0.3, -0.25) is 14.4 Å². The zero-order valence-electron chi connectivity index (χ0n) is 21.1. The van der Waals surface area contributed by atoms with Gasteiger partial charge in [0.1, 0.15) is 11.5 Å². The molecule has 9 nitrogen and oxygen atoms in total. The number of benzene rings is 2. The Labute approximate surface area is 216 Å². The molecule has 2 aromatic carbocycles. The van der Waals surface area contributed by atoms with E-state index in [0.717, 1.165) is 85.4 Å². The third-order valence-electron chi connectivity index (χ3n) is 7.57. The van der Waals surface area contributed by atoms with Gasteiger partial charge in [0.05, 0.1) is 23.8 Å². The minimum Gasteiger partial charge on any atom is -0.341 e. The highest BCUT2D eigenvalue weighted by molar-refractivity contribution is 6.05. The van der Waals surface area contributed by atoms with Gasteiger partial charge in [-0.25, -0.2) is 4.98 Å². The lowest BCUT2D eigenvalue weighted by molar-refractivity contribution is 0.102. The fraction of sp³-hybridized carbons (Fsp3) is 0.429. The number of nitrogens with one attached hydrogen (secondary N) is 3. The second-order valence-electron chi connectivity index (χ2n) is 10.3. The van der Waals surface area contributed by atoms with Gasteiger partial charge in [0, 0.05) is 23.4 Å². The second kappa shape index (κ2) is 10.8. The largest absolute Gasteiger partial charge is 0.341 e. The summed E-state index contributed by atoms with van der Waals surface area (Å²) in [4.78, 5) is 23.4. The minimum atomic E-state index is -0.145. The molecule has 9 heteroatoms. The average molecular weight is 499 g/mol. The number of piperidine rings is 1. The highest BCUT2D eigenvalue weighted by Crippen LogP contribution is 2.22. The summed E-state index contributed by atoms with van der Waals surface area (Å²) in [6.07, 6.45) is 8.12. The predicted octanol–water partition coefficient (Wildman–Crippen LogP) is 4.06. The topological polar surface area (TPSA) is 104 Å². The number of hydrogen-bond acceptors (Lipinski definition) is 6. The number of H-pyrrole nitrogens is 1. The summed E-state index contributed by atoms with van der Waals surface area (Å²) in [7, 11) is 0. The van der Waals surface area contributed by atoms with Crippen molar-refractivity contribution in [3.8, 4) is 11.3 Å². The fourth-order valence-corrected chi connectivity index (χ4v) is 5.39. The molecule has 2 saturated heterocycles. The van der Waals surface area contributed by atoms with Crippen LogP contribution in [0.4, 0.5) is 5.69 Å². The van der Waals surface area contributed by atoms with E-state index >= 15 is 0 Å². The zero-order chi connectivity index (χ0) is 25.0. The zero-order valence-corrected chi connectivity index (χ0v) is 21.1. The first-order chi connectivity index (χ1) is 18.2. The molecular weight excluding hydrogens is 464 g/mol. The van der Waals surface area contributed by atoms with Crippen LogP contribution in [0.15, 0.2) is 48.7 Å². The van der Waals surface area contributed by atoms with Gasteiger partial charge in [-0.2, -0.15) is 0 Å². The number of carbonyl (C=O) groups excluding carboxylic acids is 1. The SMILES string of the molecule is O=C(Nc1ccc2nc(CN3CCCC3)[nH]c2c1)c1ccc(-c2cn(CCC3CCNCC3)nn2)cc1. The molecule has 192 valence electrons. The Kier molecular flexibility index (Phi) is 6.96. The number of aromatic nitrogens is 5. The summed E-state index contributed by atoms with van der Waals surface area (Å²) in [5, 5.41) is 15.1. The van der Waals surface area contributed by atoms with Crippen molar-refractivity contribution in [2.24, 2.45) is 5.92 Å². The Hall–Kier alpha value is -3.56. The van der Waals surface area contributed by atoms with E-state index in [1.807, 2.05) is 53.3 Å². The Balaban J connectivity index is 1.06. The number of imidazole rings is 1. The highest BCUT2D eigenvalue weighted by atomic mass is 16.1. The van der Waals surface area contributed by atoms with Gasteiger partial charge in [0.15, 0.2) is 0 Å². The first-order valence-corrected chi connectivity index (χ1v) is 13.4. The second-order valence-corrected chi connectivity index (χ2v) is 10.3. The van der Waals surface area contributed by atoms with E-state index in [9.17, 15) is 4.79 Å². The molecule has 6 rings (SSSR count). The van der Waals surface area contributed by atoms with Crippen molar-refractivity contribution in [1.29, 1.82) is 0 Å². The molecule has 4 heterocycles. The van der Waals surface area contributed by atoms with Gasteiger partial charge < -0.3 is 15.6 Å². The van der Waals surface area contributed by atoms with Crippen molar-refractivity contribution in [3.05, 3.63) is 60.0 Å². The third-order valence-corrected chi connectivity index (χ3v) is 7.57. The third kappa shape index (κ3) is 5.73.